The SMILES string of the molecule is CCCCc1ccc(CCCC)n1C(C)(C)C. The van der Waals surface area contributed by atoms with E-state index < -0.39 is 0 Å². The van der Waals surface area contributed by atoms with Crippen LogP contribution in [0.2, 0.25) is 0 Å². The monoisotopic (exact) mass is 235 g/mol. The molecule has 0 amide bonds. The van der Waals surface area contributed by atoms with Crippen molar-refractivity contribution in [2.75, 3.05) is 0 Å². The first kappa shape index (κ1) is 14.3. The molecule has 0 unspecified atom stereocenters. The molecule has 0 fully saturated rings. The number of rotatable bonds is 6. The second kappa shape index (κ2) is 6.28. The predicted octanol–water partition coefficient (Wildman–Crippen LogP) is 4.93. The smallest absolute Gasteiger partial charge is 0.0360 e. The Morgan fingerprint density at radius 2 is 1.29 bits per heavy atom. The molecule has 0 saturated carbocycles. The van der Waals surface area contributed by atoms with Gasteiger partial charge in [0.2, 0.25) is 0 Å². The van der Waals surface area contributed by atoms with Gasteiger partial charge in [0.05, 0.1) is 0 Å². The van der Waals surface area contributed by atoms with Crippen molar-refractivity contribution >= 4 is 0 Å². The highest BCUT2D eigenvalue weighted by Crippen LogP contribution is 2.24. The minimum atomic E-state index is 0.218. The quantitative estimate of drug-likeness (QED) is 0.659. The fourth-order valence-electron chi connectivity index (χ4n) is 2.49. The first-order chi connectivity index (χ1) is 8.00. The molecule has 0 aliphatic carbocycles. The summed E-state index contributed by atoms with van der Waals surface area (Å²) < 4.78 is 2.57. The van der Waals surface area contributed by atoms with Crippen LogP contribution in [0.4, 0.5) is 0 Å². The molecule has 0 atom stereocenters. The van der Waals surface area contributed by atoms with Crippen LogP contribution in [0.3, 0.4) is 0 Å². The molecule has 1 heterocycles. The number of nitrogens with zero attached hydrogens (tertiary/aromatic N) is 1. The van der Waals surface area contributed by atoms with Gasteiger partial charge in [-0.2, -0.15) is 0 Å². The summed E-state index contributed by atoms with van der Waals surface area (Å²) in [7, 11) is 0. The van der Waals surface area contributed by atoms with Crippen molar-refractivity contribution < 1.29 is 0 Å². The third kappa shape index (κ3) is 3.90. The summed E-state index contributed by atoms with van der Waals surface area (Å²) in [5.41, 5.74) is 3.26. The molecule has 1 nitrogen and oxygen atoms in total. The van der Waals surface area contributed by atoms with Crippen molar-refractivity contribution in [3.8, 4) is 0 Å². The molecule has 1 aromatic rings. The maximum Gasteiger partial charge on any atom is 0.0360 e. The van der Waals surface area contributed by atoms with Gasteiger partial charge in [-0.1, -0.05) is 26.7 Å². The first-order valence-corrected chi connectivity index (χ1v) is 7.20. The first-order valence-electron chi connectivity index (χ1n) is 7.20. The minimum Gasteiger partial charge on any atom is -0.343 e. The summed E-state index contributed by atoms with van der Waals surface area (Å²) in [6.45, 7) is 11.5. The van der Waals surface area contributed by atoms with Gasteiger partial charge in [-0.05, 0) is 58.6 Å². The maximum atomic E-state index is 2.57. The lowest BCUT2D eigenvalue weighted by atomic mass is 10.1. The molecule has 0 spiro atoms. The Labute approximate surface area is 107 Å². The molecule has 0 aromatic carbocycles. The van der Waals surface area contributed by atoms with E-state index in [0.29, 0.717) is 0 Å². The lowest BCUT2D eigenvalue weighted by Gasteiger charge is -2.28. The number of hydrogen-bond donors (Lipinski definition) is 0. The van der Waals surface area contributed by atoms with Gasteiger partial charge in [0.25, 0.3) is 0 Å². The highest BCUT2D eigenvalue weighted by Gasteiger charge is 2.19. The fraction of sp³-hybridized carbons (Fsp3) is 0.750. The lowest BCUT2D eigenvalue weighted by molar-refractivity contribution is 0.371. The molecule has 1 rings (SSSR count). The largest absolute Gasteiger partial charge is 0.343 e. The summed E-state index contributed by atoms with van der Waals surface area (Å²) in [5.74, 6) is 0. The molecular weight excluding hydrogens is 206 g/mol. The van der Waals surface area contributed by atoms with E-state index in [1.807, 2.05) is 0 Å². The van der Waals surface area contributed by atoms with Crippen LogP contribution in [-0.4, -0.2) is 4.57 Å². The molecule has 0 aliphatic heterocycles. The third-order valence-electron chi connectivity index (χ3n) is 3.29. The summed E-state index contributed by atoms with van der Waals surface area (Å²) >= 11 is 0. The van der Waals surface area contributed by atoms with Crippen LogP contribution in [0.25, 0.3) is 0 Å². The molecule has 98 valence electrons. The van der Waals surface area contributed by atoms with Gasteiger partial charge in [0, 0.05) is 16.9 Å². The van der Waals surface area contributed by atoms with E-state index in [1.54, 1.807) is 0 Å². The lowest BCUT2D eigenvalue weighted by Crippen LogP contribution is -2.26. The molecule has 0 radical (unpaired) electrons. The van der Waals surface area contributed by atoms with Gasteiger partial charge in [0.1, 0.15) is 0 Å². The van der Waals surface area contributed by atoms with Gasteiger partial charge in [-0.15, -0.1) is 0 Å². The standard InChI is InChI=1S/C16H29N/c1-6-8-10-14-12-13-15(11-9-7-2)17(14)16(3,4)5/h12-13H,6-11H2,1-5H3. The van der Waals surface area contributed by atoms with Crippen LogP contribution in [0.5, 0.6) is 0 Å². The van der Waals surface area contributed by atoms with Crippen molar-refractivity contribution in [3.63, 3.8) is 0 Å². The molecule has 1 aromatic heterocycles. The van der Waals surface area contributed by atoms with Crippen molar-refractivity contribution in [1.29, 1.82) is 0 Å². The number of unbranched alkanes of at least 4 members (excludes halogenated alkanes) is 2. The summed E-state index contributed by atoms with van der Waals surface area (Å²) in [4.78, 5) is 0. The molecule has 17 heavy (non-hydrogen) atoms. The Hall–Kier alpha value is -0.720. The van der Waals surface area contributed by atoms with Gasteiger partial charge < -0.3 is 4.57 Å². The van der Waals surface area contributed by atoms with Crippen molar-refractivity contribution in [2.24, 2.45) is 0 Å². The number of hydrogen-bond acceptors (Lipinski definition) is 0. The van der Waals surface area contributed by atoms with E-state index >= 15 is 0 Å². The topological polar surface area (TPSA) is 4.93 Å². The Morgan fingerprint density at radius 3 is 1.59 bits per heavy atom. The van der Waals surface area contributed by atoms with E-state index in [1.165, 1.54) is 49.9 Å². The number of aryl methyl sites for hydroxylation is 2. The highest BCUT2D eigenvalue weighted by molar-refractivity contribution is 5.19. The molecular formula is C16H29N. The normalized spacial score (nSPS) is 12.1. The Kier molecular flexibility index (Phi) is 5.30. The van der Waals surface area contributed by atoms with Gasteiger partial charge in [0.15, 0.2) is 0 Å². The Balaban J connectivity index is 2.94. The zero-order valence-electron chi connectivity index (χ0n) is 12.3. The second-order valence-electron chi connectivity index (χ2n) is 6.03. The van der Waals surface area contributed by atoms with Crippen LogP contribution in [0.1, 0.15) is 71.7 Å². The minimum absolute atomic E-state index is 0.218. The zero-order chi connectivity index (χ0) is 12.9. The van der Waals surface area contributed by atoms with Crippen LogP contribution >= 0.6 is 0 Å². The molecule has 0 aliphatic rings. The van der Waals surface area contributed by atoms with E-state index in [-0.39, 0.29) is 5.54 Å². The van der Waals surface area contributed by atoms with Crippen LogP contribution in [0, 0.1) is 0 Å². The van der Waals surface area contributed by atoms with Crippen molar-refractivity contribution in [3.05, 3.63) is 23.5 Å². The van der Waals surface area contributed by atoms with Gasteiger partial charge >= 0.3 is 0 Å². The van der Waals surface area contributed by atoms with E-state index in [9.17, 15) is 0 Å². The van der Waals surface area contributed by atoms with Crippen LogP contribution in [-0.2, 0) is 18.4 Å². The van der Waals surface area contributed by atoms with E-state index in [0.717, 1.165) is 0 Å². The van der Waals surface area contributed by atoms with Crippen LogP contribution < -0.4 is 0 Å². The average Bonchev–Trinajstić information content (AvgIpc) is 2.66. The molecule has 0 saturated heterocycles. The number of aromatic nitrogens is 1. The Bertz CT molecular complexity index is 302. The van der Waals surface area contributed by atoms with Crippen molar-refractivity contribution in [2.45, 2.75) is 78.7 Å². The second-order valence-corrected chi connectivity index (χ2v) is 6.03. The summed E-state index contributed by atoms with van der Waals surface area (Å²) in [5, 5.41) is 0. The van der Waals surface area contributed by atoms with Gasteiger partial charge in [-0.25, -0.2) is 0 Å². The predicted molar refractivity (Wildman–Crippen MR) is 76.7 cm³/mol. The molecule has 0 N–H and O–H groups in total. The van der Waals surface area contributed by atoms with E-state index in [2.05, 4.69) is 51.3 Å². The van der Waals surface area contributed by atoms with E-state index in [4.69, 9.17) is 0 Å². The fourth-order valence-corrected chi connectivity index (χ4v) is 2.49. The maximum absolute atomic E-state index is 2.57. The Morgan fingerprint density at radius 1 is 0.882 bits per heavy atom. The zero-order valence-corrected chi connectivity index (χ0v) is 12.3. The van der Waals surface area contributed by atoms with Crippen LogP contribution in [0.15, 0.2) is 12.1 Å². The highest BCUT2D eigenvalue weighted by atomic mass is 15.1. The summed E-state index contributed by atoms with van der Waals surface area (Å²) in [6, 6.07) is 4.68. The molecule has 0 bridgehead atoms. The van der Waals surface area contributed by atoms with Gasteiger partial charge in [-0.3, -0.25) is 0 Å². The van der Waals surface area contributed by atoms with Crippen molar-refractivity contribution in [1.82, 2.24) is 4.57 Å². The third-order valence-corrected chi connectivity index (χ3v) is 3.29. The summed E-state index contributed by atoms with van der Waals surface area (Å²) in [6.07, 6.45) is 7.60. The average molecular weight is 235 g/mol. The molecule has 1 heteroatoms.